The number of ether oxygens (including phenoxy) is 2. The zero-order chi connectivity index (χ0) is 16.4. The van der Waals surface area contributed by atoms with Gasteiger partial charge < -0.3 is 14.4 Å². The highest BCUT2D eigenvalue weighted by atomic mass is 16.5. The van der Waals surface area contributed by atoms with Crippen molar-refractivity contribution in [1.82, 2.24) is 4.98 Å². The molecule has 122 valence electrons. The highest BCUT2D eigenvalue weighted by molar-refractivity contribution is 5.92. The van der Waals surface area contributed by atoms with Gasteiger partial charge in [0.15, 0.2) is 0 Å². The maximum absolute atomic E-state index is 11.6. The first-order valence-corrected chi connectivity index (χ1v) is 7.92. The van der Waals surface area contributed by atoms with Crippen LogP contribution in [0.25, 0.3) is 10.9 Å². The van der Waals surface area contributed by atoms with E-state index in [0.717, 1.165) is 35.4 Å². The predicted octanol–water partition coefficient (Wildman–Crippen LogP) is 2.56. The van der Waals surface area contributed by atoms with Crippen molar-refractivity contribution in [2.75, 3.05) is 25.1 Å². The summed E-state index contributed by atoms with van der Waals surface area (Å²) in [6.45, 7) is 5.83. The normalized spacial score (nSPS) is 21.4. The molecule has 1 saturated heterocycles. The molecule has 0 radical (unpaired) electrons. The molecule has 0 amide bonds. The Labute approximate surface area is 136 Å². The summed E-state index contributed by atoms with van der Waals surface area (Å²) < 4.78 is 10.6. The first-order chi connectivity index (χ1) is 11.1. The molecule has 2 aromatic rings. The fraction of sp³-hybridized carbons (Fsp3) is 0.444. The van der Waals surface area contributed by atoms with Crippen LogP contribution >= 0.6 is 0 Å². The van der Waals surface area contributed by atoms with E-state index in [0.29, 0.717) is 0 Å². The van der Waals surface area contributed by atoms with E-state index in [1.54, 1.807) is 0 Å². The van der Waals surface area contributed by atoms with Gasteiger partial charge >= 0.3 is 5.97 Å². The first kappa shape index (κ1) is 15.7. The molecule has 1 aromatic heterocycles. The Morgan fingerprint density at radius 1 is 1.30 bits per heavy atom. The summed E-state index contributed by atoms with van der Waals surface area (Å²) in [6, 6.07) is 10.0. The molecule has 2 unspecified atom stereocenters. The van der Waals surface area contributed by atoms with Crippen LogP contribution < -0.4 is 4.90 Å². The van der Waals surface area contributed by atoms with Gasteiger partial charge in [0, 0.05) is 24.2 Å². The van der Waals surface area contributed by atoms with E-state index >= 15 is 0 Å². The van der Waals surface area contributed by atoms with Gasteiger partial charge in [0.25, 0.3) is 0 Å². The zero-order valence-electron chi connectivity index (χ0n) is 13.8. The Morgan fingerprint density at radius 2 is 2.00 bits per heavy atom. The number of carbonyl (C=O) groups is 1. The van der Waals surface area contributed by atoms with Crippen molar-refractivity contribution in [2.45, 2.75) is 32.5 Å². The van der Waals surface area contributed by atoms with Gasteiger partial charge in [-0.1, -0.05) is 18.2 Å². The third-order valence-corrected chi connectivity index (χ3v) is 4.06. The lowest BCUT2D eigenvalue weighted by Gasteiger charge is -2.37. The summed E-state index contributed by atoms with van der Waals surface area (Å²) in [5.74, 6) is -0.276. The molecule has 1 aromatic carbocycles. The molecular weight excluding hydrogens is 292 g/mol. The Hall–Kier alpha value is -2.14. The molecule has 0 saturated carbocycles. The molecule has 5 nitrogen and oxygen atoms in total. The quantitative estimate of drug-likeness (QED) is 0.815. The van der Waals surface area contributed by atoms with E-state index in [-0.39, 0.29) is 24.6 Å². The monoisotopic (exact) mass is 314 g/mol. The number of pyridine rings is 1. The summed E-state index contributed by atoms with van der Waals surface area (Å²) in [7, 11) is 1.40. The fourth-order valence-electron chi connectivity index (χ4n) is 3.16. The largest absolute Gasteiger partial charge is 0.469 e. The van der Waals surface area contributed by atoms with Gasteiger partial charge in [-0.15, -0.1) is 0 Å². The zero-order valence-corrected chi connectivity index (χ0v) is 13.8. The van der Waals surface area contributed by atoms with Crippen molar-refractivity contribution < 1.29 is 14.3 Å². The van der Waals surface area contributed by atoms with E-state index in [1.807, 2.05) is 24.3 Å². The third kappa shape index (κ3) is 3.45. The molecule has 3 rings (SSSR count). The van der Waals surface area contributed by atoms with Crippen molar-refractivity contribution in [3.63, 3.8) is 0 Å². The minimum absolute atomic E-state index is 0.176. The molecule has 0 spiro atoms. The summed E-state index contributed by atoms with van der Waals surface area (Å²) >= 11 is 0. The van der Waals surface area contributed by atoms with E-state index in [4.69, 9.17) is 9.47 Å². The smallest absolute Gasteiger partial charge is 0.311 e. The van der Waals surface area contributed by atoms with Crippen molar-refractivity contribution in [1.29, 1.82) is 0 Å². The second-order valence-corrected chi connectivity index (χ2v) is 6.07. The summed E-state index contributed by atoms with van der Waals surface area (Å²) in [5, 5.41) is 1.10. The molecular formula is C18H22N2O3. The number of nitrogens with zero attached hydrogens (tertiary/aromatic N) is 2. The SMILES string of the molecule is COC(=O)Cc1cc(N2CC(C)OC(C)C2)c2ccccc2n1. The number of methoxy groups -OCH3 is 1. The first-order valence-electron chi connectivity index (χ1n) is 7.92. The van der Waals surface area contributed by atoms with E-state index < -0.39 is 0 Å². The van der Waals surface area contributed by atoms with Gasteiger partial charge in [0.2, 0.25) is 0 Å². The maximum atomic E-state index is 11.6. The molecule has 5 heteroatoms. The van der Waals surface area contributed by atoms with Crippen LogP contribution in [0.2, 0.25) is 0 Å². The van der Waals surface area contributed by atoms with Crippen LogP contribution in [-0.4, -0.2) is 43.4 Å². The molecule has 2 heterocycles. The van der Waals surface area contributed by atoms with Crippen LogP contribution in [0.5, 0.6) is 0 Å². The lowest BCUT2D eigenvalue weighted by atomic mass is 10.1. The van der Waals surface area contributed by atoms with E-state index in [9.17, 15) is 4.79 Å². The number of aromatic nitrogens is 1. The molecule has 1 fully saturated rings. The minimum atomic E-state index is -0.276. The van der Waals surface area contributed by atoms with Crippen LogP contribution in [0.3, 0.4) is 0 Å². The van der Waals surface area contributed by atoms with Gasteiger partial charge in [0.1, 0.15) is 0 Å². The Bertz CT molecular complexity index is 706. The van der Waals surface area contributed by atoms with Gasteiger partial charge in [-0.25, -0.2) is 0 Å². The number of carbonyl (C=O) groups excluding carboxylic acids is 1. The summed E-state index contributed by atoms with van der Waals surface area (Å²) in [5.41, 5.74) is 2.74. The number of morpholine rings is 1. The lowest BCUT2D eigenvalue weighted by molar-refractivity contribution is -0.139. The number of esters is 1. The average molecular weight is 314 g/mol. The molecule has 1 aliphatic heterocycles. The lowest BCUT2D eigenvalue weighted by Crippen LogP contribution is -2.45. The van der Waals surface area contributed by atoms with Crippen LogP contribution in [0.15, 0.2) is 30.3 Å². The Morgan fingerprint density at radius 3 is 2.70 bits per heavy atom. The topological polar surface area (TPSA) is 51.7 Å². The van der Waals surface area contributed by atoms with Crippen molar-refractivity contribution in [3.05, 3.63) is 36.0 Å². The number of benzene rings is 1. The van der Waals surface area contributed by atoms with Gasteiger partial charge in [0.05, 0.1) is 36.9 Å². The van der Waals surface area contributed by atoms with E-state index in [2.05, 4.69) is 29.8 Å². The Balaban J connectivity index is 2.04. The van der Waals surface area contributed by atoms with Crippen LogP contribution in [0.1, 0.15) is 19.5 Å². The predicted molar refractivity (Wildman–Crippen MR) is 89.7 cm³/mol. The van der Waals surface area contributed by atoms with Crippen LogP contribution in [-0.2, 0) is 20.7 Å². The number of hydrogen-bond donors (Lipinski definition) is 0. The highest BCUT2D eigenvalue weighted by Gasteiger charge is 2.24. The molecule has 23 heavy (non-hydrogen) atoms. The van der Waals surface area contributed by atoms with Gasteiger partial charge in [-0.3, -0.25) is 9.78 Å². The second-order valence-electron chi connectivity index (χ2n) is 6.07. The molecule has 0 N–H and O–H groups in total. The van der Waals surface area contributed by atoms with Gasteiger partial charge in [-0.05, 0) is 26.0 Å². The second kappa shape index (κ2) is 6.54. The number of hydrogen-bond acceptors (Lipinski definition) is 5. The fourth-order valence-corrected chi connectivity index (χ4v) is 3.16. The average Bonchev–Trinajstić information content (AvgIpc) is 2.53. The van der Waals surface area contributed by atoms with Crippen LogP contribution in [0.4, 0.5) is 5.69 Å². The summed E-state index contributed by atoms with van der Waals surface area (Å²) in [4.78, 5) is 18.5. The molecule has 1 aliphatic rings. The standard InChI is InChI=1S/C18H22N2O3/c1-12-10-20(11-13(2)23-12)17-8-14(9-18(21)22-3)19-16-7-5-4-6-15(16)17/h4-8,12-13H,9-11H2,1-3H3. The minimum Gasteiger partial charge on any atom is -0.469 e. The molecule has 0 aliphatic carbocycles. The highest BCUT2D eigenvalue weighted by Crippen LogP contribution is 2.29. The molecule has 0 bridgehead atoms. The van der Waals surface area contributed by atoms with Gasteiger partial charge in [-0.2, -0.15) is 0 Å². The number of para-hydroxylation sites is 1. The van der Waals surface area contributed by atoms with Crippen molar-refractivity contribution in [2.24, 2.45) is 0 Å². The maximum Gasteiger partial charge on any atom is 0.311 e. The van der Waals surface area contributed by atoms with Crippen LogP contribution in [0, 0.1) is 0 Å². The molecule has 2 atom stereocenters. The van der Waals surface area contributed by atoms with Crippen molar-refractivity contribution >= 4 is 22.6 Å². The van der Waals surface area contributed by atoms with Crippen molar-refractivity contribution in [3.8, 4) is 0 Å². The van der Waals surface area contributed by atoms with E-state index in [1.165, 1.54) is 7.11 Å². The Kier molecular flexibility index (Phi) is 4.48. The number of anilines is 1. The number of fused-ring (bicyclic) bond motifs is 1. The number of rotatable bonds is 3. The third-order valence-electron chi connectivity index (χ3n) is 4.06. The summed E-state index contributed by atoms with van der Waals surface area (Å²) in [6.07, 6.45) is 0.536.